The molecule has 0 saturated heterocycles. The maximum absolute atomic E-state index is 11.6. The molecule has 0 spiro atoms. The highest BCUT2D eigenvalue weighted by Crippen LogP contribution is 2.12. The van der Waals surface area contributed by atoms with E-state index in [4.69, 9.17) is 38.6 Å². The molecule has 0 aliphatic rings. The van der Waals surface area contributed by atoms with Crippen molar-refractivity contribution in [2.45, 2.75) is 34.6 Å². The number of carbonyl (C=O) groups is 2. The third-order valence-corrected chi connectivity index (χ3v) is 3.69. The van der Waals surface area contributed by atoms with Crippen molar-refractivity contribution in [1.82, 2.24) is 10.1 Å². The first-order valence-corrected chi connectivity index (χ1v) is 11.5. The van der Waals surface area contributed by atoms with Crippen LogP contribution in [0.2, 0.25) is 0 Å². The number of carbonyl (C=O) groups excluding carboxylic acids is 2. The lowest BCUT2D eigenvalue weighted by molar-refractivity contribution is -0.0757. The summed E-state index contributed by atoms with van der Waals surface area (Å²) in [5.74, 6) is -0.374. The predicted octanol–water partition coefficient (Wildman–Crippen LogP) is 6.00. The number of hydrogen-bond donors (Lipinski definition) is 1. The van der Waals surface area contributed by atoms with Crippen LogP contribution in [0.25, 0.3) is 0 Å². The summed E-state index contributed by atoms with van der Waals surface area (Å²) in [5, 5.41) is 2.54. The summed E-state index contributed by atoms with van der Waals surface area (Å²) in [6.07, 6.45) is 0. The Hall–Kier alpha value is -2.32. The number of nitrogens with two attached hydrogens (primary N) is 1. The average molecular weight is 504 g/mol. The van der Waals surface area contributed by atoms with Gasteiger partial charge in [0.25, 0.3) is 11.8 Å². The van der Waals surface area contributed by atoms with Crippen molar-refractivity contribution in [3.63, 3.8) is 0 Å². The Morgan fingerprint density at radius 2 is 1.12 bits per heavy atom. The molecule has 0 saturated carbocycles. The van der Waals surface area contributed by atoms with E-state index in [1.807, 2.05) is 52.8 Å². The molecular formula is C24H39Cl2N3O4. The number of hydroxylamine groups is 4. The third-order valence-electron chi connectivity index (χ3n) is 3.69. The number of rotatable bonds is 4. The van der Waals surface area contributed by atoms with Crippen LogP contribution in [0.15, 0.2) is 48.5 Å². The van der Waals surface area contributed by atoms with Crippen molar-refractivity contribution >= 4 is 40.7 Å². The highest BCUT2D eigenvalue weighted by Gasteiger charge is 2.13. The average Bonchev–Trinajstić information content (AvgIpc) is 2.86. The molecule has 0 aliphatic carbocycles. The second kappa shape index (κ2) is 22.9. The zero-order valence-corrected chi connectivity index (χ0v) is 22.7. The molecule has 0 aromatic heterocycles. The number of amides is 2. The molecule has 7 nitrogen and oxygen atoms in total. The van der Waals surface area contributed by atoms with E-state index in [0.717, 1.165) is 10.6 Å². The minimum atomic E-state index is -0.249. The fraction of sp³-hybridized carbons (Fsp3) is 0.417. The summed E-state index contributed by atoms with van der Waals surface area (Å²) in [6.45, 7) is 9.90. The predicted molar refractivity (Wildman–Crippen MR) is 140 cm³/mol. The molecule has 2 amide bonds. The third kappa shape index (κ3) is 14.4. The molecule has 0 atom stereocenters. The Morgan fingerprint density at radius 1 is 0.788 bits per heavy atom. The van der Waals surface area contributed by atoms with E-state index in [-0.39, 0.29) is 17.2 Å². The van der Waals surface area contributed by atoms with Crippen LogP contribution in [0.1, 0.15) is 54.0 Å². The highest BCUT2D eigenvalue weighted by molar-refractivity contribution is 6.40. The normalized spacial score (nSPS) is 8.58. The summed E-state index contributed by atoms with van der Waals surface area (Å²) < 4.78 is 0. The largest absolute Gasteiger partial charge is 0.398 e. The van der Waals surface area contributed by atoms with Crippen LogP contribution in [0.3, 0.4) is 0 Å². The molecule has 0 unspecified atom stereocenters. The van der Waals surface area contributed by atoms with Crippen molar-refractivity contribution in [2.75, 3.05) is 39.4 Å². The second-order valence-corrected chi connectivity index (χ2v) is 6.28. The number of hydrogen-bond acceptors (Lipinski definition) is 5. The molecule has 0 fully saturated rings. The summed E-state index contributed by atoms with van der Waals surface area (Å²) in [6, 6.07) is 14.3. The monoisotopic (exact) mass is 503 g/mol. The van der Waals surface area contributed by atoms with Gasteiger partial charge in [-0.2, -0.15) is 0 Å². The van der Waals surface area contributed by atoms with Crippen LogP contribution in [0, 0.1) is 6.92 Å². The van der Waals surface area contributed by atoms with Crippen molar-refractivity contribution in [3.8, 4) is 0 Å². The van der Waals surface area contributed by atoms with E-state index < -0.39 is 0 Å². The van der Waals surface area contributed by atoms with E-state index in [1.54, 1.807) is 37.4 Å². The molecule has 2 aromatic rings. The van der Waals surface area contributed by atoms with E-state index in [1.165, 1.54) is 26.3 Å². The van der Waals surface area contributed by atoms with Crippen LogP contribution in [-0.4, -0.2) is 55.6 Å². The summed E-state index contributed by atoms with van der Waals surface area (Å²) in [5.41, 5.74) is 8.14. The Labute approximate surface area is 209 Å². The molecule has 2 N–H and O–H groups in total. The van der Waals surface area contributed by atoms with Crippen LogP contribution in [0.5, 0.6) is 0 Å². The molecule has 0 radical (unpaired) electrons. The standard InChI is InChI=1S/C10H13NO2.C9H12N2O2.2C2H6.CH2Cl2/c1-8-6-4-5-7-9(8)10(12)11(2)13-3;1-11(13-2)9(12)7-5-3-4-6-8(7)10;2*1-2;2-1-3/h4-7H,1-3H3;3-6H,10H2,1-2H3;2*1-2H3;1H2. The number of benzene rings is 2. The first kappa shape index (κ1) is 35.3. The van der Waals surface area contributed by atoms with E-state index >= 15 is 0 Å². The van der Waals surface area contributed by atoms with Gasteiger partial charge >= 0.3 is 0 Å². The zero-order chi connectivity index (χ0) is 26.4. The number of alkyl halides is 2. The SMILES string of the molecule is CC.CC.CON(C)C(=O)c1ccccc1C.CON(C)C(=O)c1ccccc1N.ClCCl. The first-order chi connectivity index (χ1) is 15.7. The van der Waals surface area contributed by atoms with Gasteiger partial charge in [-0.25, -0.2) is 10.1 Å². The fourth-order valence-electron chi connectivity index (χ4n) is 2.01. The Kier molecular flexibility index (Phi) is 24.4. The van der Waals surface area contributed by atoms with Gasteiger partial charge in [0.05, 0.1) is 25.1 Å². The van der Waals surface area contributed by atoms with Gasteiger partial charge in [0, 0.05) is 25.3 Å². The van der Waals surface area contributed by atoms with Gasteiger partial charge < -0.3 is 5.73 Å². The number of anilines is 1. The van der Waals surface area contributed by atoms with Gasteiger partial charge in [-0.05, 0) is 30.7 Å². The first-order valence-electron chi connectivity index (χ1n) is 10.4. The molecular weight excluding hydrogens is 465 g/mol. The van der Waals surface area contributed by atoms with Gasteiger partial charge in [-0.1, -0.05) is 58.0 Å². The van der Waals surface area contributed by atoms with Crippen LogP contribution in [0.4, 0.5) is 5.69 Å². The van der Waals surface area contributed by atoms with E-state index in [2.05, 4.69) is 0 Å². The lowest BCUT2D eigenvalue weighted by Crippen LogP contribution is -2.26. The Bertz CT molecular complexity index is 713. The minimum absolute atomic E-state index is 0.124. The van der Waals surface area contributed by atoms with Crippen molar-refractivity contribution < 1.29 is 19.3 Å². The molecule has 0 bridgehead atoms. The van der Waals surface area contributed by atoms with Crippen LogP contribution >= 0.6 is 23.2 Å². The number of para-hydroxylation sites is 1. The quantitative estimate of drug-likeness (QED) is 0.313. The number of halogens is 2. The summed E-state index contributed by atoms with van der Waals surface area (Å²) >= 11 is 9.53. The second-order valence-electron chi connectivity index (χ2n) is 5.47. The summed E-state index contributed by atoms with van der Waals surface area (Å²) in [4.78, 5) is 32.7. The highest BCUT2D eigenvalue weighted by atomic mass is 35.5. The number of aryl methyl sites for hydroxylation is 1. The molecule has 2 aromatic carbocycles. The van der Waals surface area contributed by atoms with Gasteiger partial charge in [0.1, 0.15) is 0 Å². The van der Waals surface area contributed by atoms with Gasteiger partial charge in [0.15, 0.2) is 0 Å². The van der Waals surface area contributed by atoms with E-state index in [9.17, 15) is 9.59 Å². The number of nitrogens with zero attached hydrogens (tertiary/aromatic N) is 2. The smallest absolute Gasteiger partial charge is 0.279 e. The van der Waals surface area contributed by atoms with Crippen LogP contribution < -0.4 is 5.73 Å². The van der Waals surface area contributed by atoms with Crippen molar-refractivity contribution in [1.29, 1.82) is 0 Å². The molecule has 9 heteroatoms. The van der Waals surface area contributed by atoms with Gasteiger partial charge in [-0.3, -0.25) is 19.3 Å². The van der Waals surface area contributed by atoms with Crippen molar-refractivity contribution in [2.24, 2.45) is 0 Å². The molecule has 33 heavy (non-hydrogen) atoms. The fourth-order valence-corrected chi connectivity index (χ4v) is 2.01. The Morgan fingerprint density at radius 3 is 1.48 bits per heavy atom. The molecule has 2 rings (SSSR count). The molecule has 0 aliphatic heterocycles. The molecule has 188 valence electrons. The maximum Gasteiger partial charge on any atom is 0.279 e. The topological polar surface area (TPSA) is 85.1 Å². The number of nitrogen functional groups attached to an aromatic ring is 1. The van der Waals surface area contributed by atoms with Crippen LogP contribution in [-0.2, 0) is 9.68 Å². The Balaban J connectivity index is -0.000000429. The maximum atomic E-state index is 11.6. The van der Waals surface area contributed by atoms with Crippen molar-refractivity contribution in [3.05, 3.63) is 65.2 Å². The molecule has 0 heterocycles. The zero-order valence-electron chi connectivity index (χ0n) is 21.2. The van der Waals surface area contributed by atoms with E-state index in [0.29, 0.717) is 16.8 Å². The lowest BCUT2D eigenvalue weighted by atomic mass is 10.1. The summed E-state index contributed by atoms with van der Waals surface area (Å²) in [7, 11) is 6.02. The van der Waals surface area contributed by atoms with Gasteiger partial charge in [0.2, 0.25) is 0 Å². The lowest BCUT2D eigenvalue weighted by Gasteiger charge is -2.14. The van der Waals surface area contributed by atoms with Gasteiger partial charge in [-0.15, -0.1) is 23.2 Å². The minimum Gasteiger partial charge on any atom is -0.398 e.